The minimum absolute atomic E-state index is 0.521. The number of hydrogen-bond acceptors (Lipinski definition) is 3. The van der Waals surface area contributed by atoms with E-state index in [1.54, 1.807) is 18.3 Å². The highest BCUT2D eigenvalue weighted by molar-refractivity contribution is 5.92. The lowest BCUT2D eigenvalue weighted by Crippen LogP contribution is -1.81. The zero-order valence-electron chi connectivity index (χ0n) is 8.18. The summed E-state index contributed by atoms with van der Waals surface area (Å²) in [4.78, 5) is 12.6. The average Bonchev–Trinajstić information content (AvgIpc) is 2.69. The minimum atomic E-state index is -0.521. The monoisotopic (exact) mass is 213 g/mol. The van der Waals surface area contributed by atoms with Crippen LogP contribution >= 0.6 is 0 Å². The predicted molar refractivity (Wildman–Crippen MR) is 59.0 cm³/mol. The van der Waals surface area contributed by atoms with Crippen LogP contribution in [-0.2, 0) is 0 Å². The maximum Gasteiger partial charge on any atom is 0.235 e. The lowest BCUT2D eigenvalue weighted by Gasteiger charge is -1.92. The molecule has 1 N–H and O–H groups in total. The van der Waals surface area contributed by atoms with Crippen molar-refractivity contribution in [3.63, 3.8) is 0 Å². The molecule has 16 heavy (non-hydrogen) atoms. The number of aromatic nitrogens is 1. The van der Waals surface area contributed by atoms with Crippen molar-refractivity contribution in [2.45, 2.75) is 0 Å². The van der Waals surface area contributed by atoms with E-state index in [0.717, 1.165) is 11.6 Å². The van der Waals surface area contributed by atoms with Crippen LogP contribution in [0.4, 0.5) is 0 Å². The smallest absolute Gasteiger partial charge is 0.235 e. The Kier molecular flexibility index (Phi) is 2.40. The van der Waals surface area contributed by atoms with Gasteiger partial charge in [-0.25, -0.2) is 0 Å². The molecule has 0 fully saturated rings. The van der Waals surface area contributed by atoms with Gasteiger partial charge in [-0.15, -0.1) is 0 Å². The highest BCUT2D eigenvalue weighted by Crippen LogP contribution is 2.22. The maximum atomic E-state index is 10.2. The predicted octanol–water partition coefficient (Wildman–Crippen LogP) is 2.29. The molecule has 0 radical (unpaired) electrons. The van der Waals surface area contributed by atoms with Crippen LogP contribution in [0.1, 0.15) is 11.1 Å². The molecular weight excluding hydrogens is 206 g/mol. The summed E-state index contributed by atoms with van der Waals surface area (Å²) in [6.07, 6.45) is 3.92. The molecule has 2 rings (SSSR count). The first-order valence-corrected chi connectivity index (χ1v) is 4.54. The van der Waals surface area contributed by atoms with Crippen molar-refractivity contribution in [2.24, 2.45) is 0 Å². The summed E-state index contributed by atoms with van der Waals surface area (Å²) >= 11 is 0. The van der Waals surface area contributed by atoms with Crippen LogP contribution in [0.5, 0.6) is 0 Å². The van der Waals surface area contributed by atoms with E-state index in [4.69, 9.17) is 5.26 Å². The molecule has 1 heterocycles. The van der Waals surface area contributed by atoms with Gasteiger partial charge in [0.2, 0.25) is 6.20 Å². The molecule has 0 spiro atoms. The molecule has 0 atom stereocenters. The Hall–Kier alpha value is -2.61. The summed E-state index contributed by atoms with van der Waals surface area (Å²) < 4.78 is 0. The van der Waals surface area contributed by atoms with Gasteiger partial charge in [0, 0.05) is 23.2 Å². The van der Waals surface area contributed by atoms with E-state index in [0.29, 0.717) is 16.6 Å². The summed E-state index contributed by atoms with van der Waals surface area (Å²) in [6.45, 7) is 0. The van der Waals surface area contributed by atoms with Gasteiger partial charge < -0.3 is 4.98 Å². The Balaban J connectivity index is 2.58. The first-order chi connectivity index (χ1) is 7.72. The van der Waals surface area contributed by atoms with Crippen molar-refractivity contribution in [3.05, 3.63) is 51.8 Å². The number of nitrogens with zero attached hydrogens (tertiary/aromatic N) is 2. The normalized spacial score (nSPS) is 10.7. The zero-order valence-corrected chi connectivity index (χ0v) is 8.18. The maximum absolute atomic E-state index is 10.2. The number of nitro groups is 1. The SMILES string of the molecule is N#Cc1cccc2c(/C=C/[N+](=O)[O-])c[nH]c12. The molecule has 0 aliphatic carbocycles. The lowest BCUT2D eigenvalue weighted by molar-refractivity contribution is -0.400. The Labute approximate surface area is 90.8 Å². The Morgan fingerprint density at radius 1 is 1.50 bits per heavy atom. The molecule has 1 aromatic heterocycles. The van der Waals surface area contributed by atoms with Crippen molar-refractivity contribution in [1.82, 2.24) is 4.98 Å². The number of rotatable bonds is 2. The van der Waals surface area contributed by atoms with Crippen LogP contribution in [0.15, 0.2) is 30.6 Å². The fourth-order valence-corrected chi connectivity index (χ4v) is 1.55. The molecule has 78 valence electrons. The molecule has 2 aromatic rings. The van der Waals surface area contributed by atoms with Crippen molar-refractivity contribution in [1.29, 1.82) is 5.26 Å². The lowest BCUT2D eigenvalue weighted by atomic mass is 10.1. The highest BCUT2D eigenvalue weighted by Gasteiger charge is 2.05. The number of aromatic amines is 1. The molecule has 0 bridgehead atoms. The second-order valence-corrected chi connectivity index (χ2v) is 3.19. The Bertz CT molecular complexity index is 620. The van der Waals surface area contributed by atoms with Crippen LogP contribution in [0, 0.1) is 21.4 Å². The van der Waals surface area contributed by atoms with Crippen LogP contribution in [0.2, 0.25) is 0 Å². The van der Waals surface area contributed by atoms with Crippen molar-refractivity contribution < 1.29 is 4.92 Å². The van der Waals surface area contributed by atoms with E-state index >= 15 is 0 Å². The first kappa shape index (κ1) is 9.93. The third-order valence-corrected chi connectivity index (χ3v) is 2.24. The van der Waals surface area contributed by atoms with Crippen molar-refractivity contribution in [2.75, 3.05) is 0 Å². The molecule has 0 amide bonds. The summed E-state index contributed by atoms with van der Waals surface area (Å²) in [5.74, 6) is 0. The van der Waals surface area contributed by atoms with Gasteiger partial charge in [-0.3, -0.25) is 10.1 Å². The summed E-state index contributed by atoms with van der Waals surface area (Å²) in [5.41, 5.74) is 1.93. The first-order valence-electron chi connectivity index (χ1n) is 4.54. The van der Waals surface area contributed by atoms with Crippen LogP contribution in [0.25, 0.3) is 17.0 Å². The molecule has 1 aromatic carbocycles. The van der Waals surface area contributed by atoms with Crippen LogP contribution in [-0.4, -0.2) is 9.91 Å². The van der Waals surface area contributed by atoms with Gasteiger partial charge >= 0.3 is 0 Å². The molecular formula is C11H7N3O2. The highest BCUT2D eigenvalue weighted by atomic mass is 16.6. The van der Waals surface area contributed by atoms with E-state index in [-0.39, 0.29) is 0 Å². The zero-order chi connectivity index (χ0) is 11.5. The molecule has 0 unspecified atom stereocenters. The van der Waals surface area contributed by atoms with Gasteiger partial charge in [0.15, 0.2) is 0 Å². The van der Waals surface area contributed by atoms with E-state index in [2.05, 4.69) is 11.1 Å². The third-order valence-electron chi connectivity index (χ3n) is 2.24. The Morgan fingerprint density at radius 2 is 2.31 bits per heavy atom. The topological polar surface area (TPSA) is 82.7 Å². The van der Waals surface area contributed by atoms with E-state index in [1.165, 1.54) is 6.08 Å². The third kappa shape index (κ3) is 1.64. The molecule has 0 saturated carbocycles. The summed E-state index contributed by atoms with van der Waals surface area (Å²) in [6, 6.07) is 7.31. The fourth-order valence-electron chi connectivity index (χ4n) is 1.55. The quantitative estimate of drug-likeness (QED) is 0.613. The number of para-hydroxylation sites is 1. The van der Waals surface area contributed by atoms with Gasteiger partial charge in [0.25, 0.3) is 0 Å². The van der Waals surface area contributed by atoms with Gasteiger partial charge in [-0.1, -0.05) is 12.1 Å². The van der Waals surface area contributed by atoms with Gasteiger partial charge in [-0.2, -0.15) is 5.26 Å². The minimum Gasteiger partial charge on any atom is -0.359 e. The number of fused-ring (bicyclic) bond motifs is 1. The molecule has 5 heteroatoms. The largest absolute Gasteiger partial charge is 0.359 e. The molecule has 0 aliphatic rings. The average molecular weight is 213 g/mol. The molecule has 0 saturated heterocycles. The molecule has 5 nitrogen and oxygen atoms in total. The molecule has 0 aliphatic heterocycles. The second-order valence-electron chi connectivity index (χ2n) is 3.19. The number of hydrogen-bond donors (Lipinski definition) is 1. The summed E-state index contributed by atoms with van der Waals surface area (Å²) in [5, 5.41) is 19.9. The summed E-state index contributed by atoms with van der Waals surface area (Å²) in [7, 11) is 0. The van der Waals surface area contributed by atoms with Crippen molar-refractivity contribution >= 4 is 17.0 Å². The van der Waals surface area contributed by atoms with Crippen molar-refractivity contribution in [3.8, 4) is 6.07 Å². The van der Waals surface area contributed by atoms with Gasteiger partial charge in [0.1, 0.15) is 6.07 Å². The van der Waals surface area contributed by atoms with E-state index < -0.39 is 4.92 Å². The van der Waals surface area contributed by atoms with Gasteiger partial charge in [0.05, 0.1) is 16.0 Å². The number of H-pyrrole nitrogens is 1. The standard InChI is InChI=1S/C11H7N3O2/c12-6-8-2-1-3-10-9(4-5-14(15)16)7-13-11(8)10/h1-5,7,13H/b5-4+. The van der Waals surface area contributed by atoms with Crippen LogP contribution < -0.4 is 0 Å². The fraction of sp³-hybridized carbons (Fsp3) is 0. The van der Waals surface area contributed by atoms with Crippen LogP contribution in [0.3, 0.4) is 0 Å². The Morgan fingerprint density at radius 3 is 3.00 bits per heavy atom. The number of nitriles is 1. The second kappa shape index (κ2) is 3.87. The van der Waals surface area contributed by atoms with Gasteiger partial charge in [-0.05, 0) is 6.07 Å². The number of nitrogens with one attached hydrogen (secondary N) is 1. The van der Waals surface area contributed by atoms with E-state index in [9.17, 15) is 10.1 Å². The van der Waals surface area contributed by atoms with E-state index in [1.807, 2.05) is 6.07 Å². The number of benzene rings is 1.